The van der Waals surface area contributed by atoms with Gasteiger partial charge in [-0.3, -0.25) is 0 Å². The number of imidazole rings is 2. The molecule has 2 aliphatic rings. The Morgan fingerprint density at radius 1 is 0.823 bits per heavy atom. The average Bonchev–Trinajstić information content (AvgIpc) is 3.90. The van der Waals surface area contributed by atoms with E-state index in [1.807, 2.05) is 31.2 Å². The van der Waals surface area contributed by atoms with Crippen molar-refractivity contribution in [1.82, 2.24) is 34.6 Å². The summed E-state index contributed by atoms with van der Waals surface area (Å²) in [5, 5.41) is 0.485. The average molecular weight is 864 g/mol. The van der Waals surface area contributed by atoms with Crippen molar-refractivity contribution in [2.75, 3.05) is 53.4 Å². The van der Waals surface area contributed by atoms with Crippen LogP contribution < -0.4 is 4.74 Å². The van der Waals surface area contributed by atoms with Crippen LogP contribution in [0.25, 0.3) is 22.1 Å². The molecule has 62 heavy (non-hydrogen) atoms. The molecular formula is C48H52ClF2N7O4. The molecule has 0 saturated carbocycles. The van der Waals surface area contributed by atoms with Crippen LogP contribution in [0.1, 0.15) is 86.0 Å². The molecule has 2 saturated heterocycles. The van der Waals surface area contributed by atoms with Gasteiger partial charge in [-0.05, 0) is 120 Å². The first-order chi connectivity index (χ1) is 30.1. The molecule has 0 radical (unpaired) electrons. The van der Waals surface area contributed by atoms with Crippen molar-refractivity contribution in [2.24, 2.45) is 0 Å². The molecule has 2 aliphatic heterocycles. The Balaban J connectivity index is 0.951. The topological polar surface area (TPSA) is 112 Å². The van der Waals surface area contributed by atoms with Crippen LogP contribution in [0.3, 0.4) is 0 Å². The van der Waals surface area contributed by atoms with Crippen molar-refractivity contribution in [2.45, 2.75) is 69.9 Å². The Morgan fingerprint density at radius 3 is 2.15 bits per heavy atom. The number of aromatic nitrogens is 4. The van der Waals surface area contributed by atoms with Crippen LogP contribution >= 0.6 is 11.6 Å². The number of hydrogen-bond acceptors (Lipinski definition) is 8. The molecule has 324 valence electrons. The minimum absolute atomic E-state index is 0.0239. The number of likely N-dealkylation sites (tertiary alicyclic amines) is 2. The van der Waals surface area contributed by atoms with E-state index in [1.54, 1.807) is 41.3 Å². The summed E-state index contributed by atoms with van der Waals surface area (Å²) >= 11 is 6.58. The smallest absolute Gasteiger partial charge is 0.410 e. The van der Waals surface area contributed by atoms with Gasteiger partial charge in [-0.15, -0.1) is 0 Å². The Hall–Kier alpha value is -5.36. The van der Waals surface area contributed by atoms with Gasteiger partial charge in [0.05, 0.1) is 34.3 Å². The predicted octanol–water partition coefficient (Wildman–Crippen LogP) is 9.42. The number of fused-ring (bicyclic) bond motifs is 2. The van der Waals surface area contributed by atoms with E-state index in [0.29, 0.717) is 76.1 Å². The van der Waals surface area contributed by atoms with Gasteiger partial charge in [0.2, 0.25) is 0 Å². The summed E-state index contributed by atoms with van der Waals surface area (Å²) in [6.07, 6.45) is 2.22. The lowest BCUT2D eigenvalue weighted by molar-refractivity contribution is -0.0276. The summed E-state index contributed by atoms with van der Waals surface area (Å²) in [6.45, 7) is 6.28. The number of hydrogen-bond donors (Lipinski definition) is 2. The lowest BCUT2D eigenvalue weighted by Gasteiger charge is -2.32. The monoisotopic (exact) mass is 863 g/mol. The Kier molecular flexibility index (Phi) is 13.8. The third kappa shape index (κ3) is 10.5. The zero-order valence-electron chi connectivity index (χ0n) is 35.3. The Morgan fingerprint density at radius 2 is 1.47 bits per heavy atom. The van der Waals surface area contributed by atoms with Crippen molar-refractivity contribution in [1.29, 1.82) is 0 Å². The summed E-state index contributed by atoms with van der Waals surface area (Å²) in [6, 6.07) is 22.0. The van der Waals surface area contributed by atoms with E-state index in [1.165, 1.54) is 18.2 Å². The summed E-state index contributed by atoms with van der Waals surface area (Å²) in [5.74, 6) is 6.89. The third-order valence-corrected chi connectivity index (χ3v) is 11.9. The second-order valence-corrected chi connectivity index (χ2v) is 16.7. The number of amides is 1. The van der Waals surface area contributed by atoms with Crippen LogP contribution in [0.5, 0.6) is 5.75 Å². The highest BCUT2D eigenvalue weighted by molar-refractivity contribution is 6.30. The van der Waals surface area contributed by atoms with E-state index >= 15 is 4.39 Å². The molecular weight excluding hydrogens is 812 g/mol. The van der Waals surface area contributed by atoms with Gasteiger partial charge in [0.25, 0.3) is 0 Å². The summed E-state index contributed by atoms with van der Waals surface area (Å²) in [4.78, 5) is 36.1. The minimum atomic E-state index is -0.847. The number of piperidine rings is 2. The largest absolute Gasteiger partial charge is 0.415 e. The van der Waals surface area contributed by atoms with Crippen LogP contribution in [-0.2, 0) is 9.47 Å². The molecule has 0 spiro atoms. The maximum Gasteiger partial charge on any atom is 0.415 e. The van der Waals surface area contributed by atoms with E-state index in [2.05, 4.69) is 50.7 Å². The van der Waals surface area contributed by atoms with E-state index in [9.17, 15) is 9.18 Å². The normalized spacial score (nSPS) is 16.6. The van der Waals surface area contributed by atoms with Crippen molar-refractivity contribution in [3.63, 3.8) is 0 Å². The van der Waals surface area contributed by atoms with Crippen molar-refractivity contribution < 1.29 is 27.8 Å². The Bertz CT molecular complexity index is 2520. The highest BCUT2D eigenvalue weighted by Gasteiger charge is 2.31. The molecule has 4 heterocycles. The van der Waals surface area contributed by atoms with E-state index in [-0.39, 0.29) is 12.2 Å². The van der Waals surface area contributed by atoms with Gasteiger partial charge in [-0.25, -0.2) is 23.5 Å². The second kappa shape index (κ2) is 19.8. The fourth-order valence-electron chi connectivity index (χ4n) is 8.12. The molecule has 2 atom stereocenters. The molecule has 2 aromatic heterocycles. The van der Waals surface area contributed by atoms with Crippen molar-refractivity contribution in [3.05, 3.63) is 124 Å². The maximum absolute atomic E-state index is 15.7. The van der Waals surface area contributed by atoms with Crippen LogP contribution in [0.15, 0.2) is 78.9 Å². The van der Waals surface area contributed by atoms with Crippen LogP contribution in [0.2, 0.25) is 5.02 Å². The number of carbonyl (C=O) groups is 1. The number of nitrogens with one attached hydrogen (secondary N) is 2. The predicted molar refractivity (Wildman–Crippen MR) is 236 cm³/mol. The van der Waals surface area contributed by atoms with E-state index < -0.39 is 29.9 Å². The molecule has 8 rings (SSSR count). The van der Waals surface area contributed by atoms with Gasteiger partial charge in [-0.1, -0.05) is 35.6 Å². The number of benzene rings is 4. The van der Waals surface area contributed by atoms with Crippen LogP contribution in [0.4, 0.5) is 13.6 Å². The number of para-hydroxylation sites is 2. The Labute approximate surface area is 365 Å². The van der Waals surface area contributed by atoms with Gasteiger partial charge < -0.3 is 38.9 Å². The zero-order valence-corrected chi connectivity index (χ0v) is 36.1. The summed E-state index contributed by atoms with van der Waals surface area (Å²) in [5.41, 5.74) is 4.29. The number of rotatable bonds is 13. The van der Waals surface area contributed by atoms with Gasteiger partial charge in [0.1, 0.15) is 41.2 Å². The summed E-state index contributed by atoms with van der Waals surface area (Å²) in [7, 11) is 4.17. The number of carbonyl (C=O) groups excluding carboxylic acids is 1. The van der Waals surface area contributed by atoms with Crippen molar-refractivity contribution in [3.8, 4) is 17.6 Å². The maximum atomic E-state index is 15.7. The highest BCUT2D eigenvalue weighted by Crippen LogP contribution is 2.37. The fraction of sp³-hybridized carbons (Fsp3) is 0.396. The summed E-state index contributed by atoms with van der Waals surface area (Å²) < 4.78 is 49.2. The first kappa shape index (κ1) is 43.3. The molecule has 2 fully saturated rings. The van der Waals surface area contributed by atoms with Gasteiger partial charge in [0.15, 0.2) is 0 Å². The van der Waals surface area contributed by atoms with Crippen LogP contribution in [-0.4, -0.2) is 106 Å². The SMILES string of the molecule is CCN(CCCC#Cc1ccc(F)c(C(OC2CCN(C)CC2)c2nc3ccc(F)cc3[nH]2)c1)C(=O)Oc1ccc(Cl)cc1C(OC1CCN(C)CC1)c1nc2ccccc2[nH]1. The van der Waals surface area contributed by atoms with E-state index in [4.69, 9.17) is 30.8 Å². The van der Waals surface area contributed by atoms with Crippen molar-refractivity contribution >= 4 is 39.8 Å². The molecule has 2 N–H and O–H groups in total. The van der Waals surface area contributed by atoms with Gasteiger partial charge in [-0.2, -0.15) is 0 Å². The number of aromatic amines is 2. The van der Waals surface area contributed by atoms with Gasteiger partial charge in [0, 0.05) is 67.4 Å². The molecule has 2 unspecified atom stereocenters. The van der Waals surface area contributed by atoms with E-state index in [0.717, 1.165) is 62.9 Å². The highest BCUT2D eigenvalue weighted by atomic mass is 35.5. The fourth-order valence-corrected chi connectivity index (χ4v) is 8.30. The first-order valence-electron chi connectivity index (χ1n) is 21.4. The third-order valence-electron chi connectivity index (χ3n) is 11.7. The number of unbranched alkanes of at least 4 members (excludes halogenated alkanes) is 1. The molecule has 0 aliphatic carbocycles. The standard InChI is InChI=1S/C48H52ClF2N7O4/c1-4-58(48(59)62-43-18-14-32(49)29-37(43)45(61-35-21-26-57(3)27-22-35)47-52-39-11-7-8-12-40(39)53-47)23-9-5-6-10-31-13-16-38(51)36(28-31)44(60-34-19-24-56(2)25-20-34)46-54-41-17-15-33(50)30-42(41)55-46/h7-8,11-18,28-30,34-35,44-45H,4-5,9,19-27H2,1-3H3,(H,52,53)(H,54,55). The molecule has 0 bridgehead atoms. The minimum Gasteiger partial charge on any atom is -0.410 e. The molecule has 4 aromatic carbocycles. The second-order valence-electron chi connectivity index (χ2n) is 16.2. The number of halogens is 3. The quantitative estimate of drug-likeness (QED) is 0.0873. The molecule has 11 nitrogen and oxygen atoms in total. The van der Waals surface area contributed by atoms with Gasteiger partial charge >= 0.3 is 6.09 Å². The lowest BCUT2D eigenvalue weighted by Crippen LogP contribution is -2.35. The van der Waals surface area contributed by atoms with Crippen LogP contribution in [0, 0.1) is 23.5 Å². The number of H-pyrrole nitrogens is 2. The zero-order chi connectivity index (χ0) is 43.2. The lowest BCUT2D eigenvalue weighted by atomic mass is 10.0. The number of ether oxygens (including phenoxy) is 3. The molecule has 1 amide bonds. The first-order valence-corrected chi connectivity index (χ1v) is 21.8. The molecule has 14 heteroatoms. The molecule has 6 aromatic rings. The number of nitrogens with zero attached hydrogens (tertiary/aromatic N) is 5.